The molecular weight excluding hydrogens is 382 g/mol. The molecule has 4 aromatic heterocycles. The van der Waals surface area contributed by atoms with Crippen molar-refractivity contribution in [2.75, 3.05) is 11.1 Å². The Hall–Kier alpha value is -3.95. The number of nitrogen functional groups attached to an aromatic ring is 1. The van der Waals surface area contributed by atoms with Crippen LogP contribution in [-0.2, 0) is 4.79 Å². The van der Waals surface area contributed by atoms with Crippen LogP contribution in [0.1, 0.15) is 19.8 Å². The molecule has 1 fully saturated rings. The summed E-state index contributed by atoms with van der Waals surface area (Å²) >= 11 is 0. The van der Waals surface area contributed by atoms with E-state index in [0.29, 0.717) is 30.1 Å². The predicted molar refractivity (Wildman–Crippen MR) is 113 cm³/mol. The highest BCUT2D eigenvalue weighted by molar-refractivity contribution is 5.86. The number of hydrogen-bond acceptors (Lipinski definition) is 7. The minimum Gasteiger partial charge on any atom is -0.382 e. The molecule has 10 heteroatoms. The Morgan fingerprint density at radius 3 is 2.83 bits per heavy atom. The van der Waals surface area contributed by atoms with E-state index in [1.165, 1.54) is 6.92 Å². The van der Waals surface area contributed by atoms with E-state index in [2.05, 4.69) is 37.4 Å². The van der Waals surface area contributed by atoms with Gasteiger partial charge in [-0.3, -0.25) is 4.79 Å². The van der Waals surface area contributed by atoms with E-state index >= 15 is 0 Å². The van der Waals surface area contributed by atoms with Gasteiger partial charge in [-0.05, 0) is 25.0 Å². The van der Waals surface area contributed by atoms with Gasteiger partial charge in [0.05, 0.1) is 17.4 Å². The monoisotopic (exact) mass is 403 g/mol. The third kappa shape index (κ3) is 2.93. The summed E-state index contributed by atoms with van der Waals surface area (Å²) < 4.78 is 3.40. The number of rotatable bonds is 5. The summed E-state index contributed by atoms with van der Waals surface area (Å²) in [5, 5.41) is 15.0. The Kier molecular flexibility index (Phi) is 3.95. The van der Waals surface area contributed by atoms with Gasteiger partial charge in [0, 0.05) is 37.0 Å². The lowest BCUT2D eigenvalue weighted by Crippen LogP contribution is -2.59. The minimum absolute atomic E-state index is 0.0714. The second-order valence-corrected chi connectivity index (χ2v) is 7.58. The van der Waals surface area contributed by atoms with Crippen molar-refractivity contribution in [3.8, 4) is 11.3 Å². The number of anilines is 2. The van der Waals surface area contributed by atoms with E-state index in [-0.39, 0.29) is 17.5 Å². The van der Waals surface area contributed by atoms with E-state index in [1.54, 1.807) is 21.3 Å². The first-order valence-electron chi connectivity index (χ1n) is 9.61. The first-order chi connectivity index (χ1) is 14.5. The normalized spacial score (nSPS) is 20.8. The number of hydrogen-bond donors (Lipinski definition) is 3. The Balaban J connectivity index is 1.40. The van der Waals surface area contributed by atoms with Crippen molar-refractivity contribution in [3.63, 3.8) is 0 Å². The molecule has 4 aromatic rings. The van der Waals surface area contributed by atoms with Crippen LogP contribution in [0.3, 0.4) is 0 Å². The van der Waals surface area contributed by atoms with E-state index in [1.807, 2.05) is 30.6 Å². The van der Waals surface area contributed by atoms with E-state index in [0.717, 1.165) is 16.9 Å². The summed E-state index contributed by atoms with van der Waals surface area (Å²) in [6.07, 6.45) is 8.60. The molecule has 30 heavy (non-hydrogen) atoms. The summed E-state index contributed by atoms with van der Waals surface area (Å²) in [6.45, 7) is 5.35. The average molecular weight is 403 g/mol. The topological polar surface area (TPSA) is 128 Å². The van der Waals surface area contributed by atoms with Gasteiger partial charge in [-0.25, -0.2) is 14.0 Å². The van der Waals surface area contributed by atoms with Gasteiger partial charge in [0.1, 0.15) is 5.52 Å². The zero-order chi connectivity index (χ0) is 20.9. The molecule has 0 spiro atoms. The Bertz CT molecular complexity index is 1280. The van der Waals surface area contributed by atoms with Gasteiger partial charge >= 0.3 is 0 Å². The van der Waals surface area contributed by atoms with Crippen molar-refractivity contribution in [3.05, 3.63) is 49.4 Å². The molecule has 0 aromatic carbocycles. The SMILES string of the molecule is C=CC1(NC(C)=O)CC(Nc2nc(N)c3c(-c4ccn5nccc5n4)ccn3n2)C1. The highest BCUT2D eigenvalue weighted by atomic mass is 16.1. The van der Waals surface area contributed by atoms with Crippen LogP contribution in [0.4, 0.5) is 11.8 Å². The number of nitrogens with two attached hydrogens (primary N) is 1. The lowest BCUT2D eigenvalue weighted by atomic mass is 9.72. The summed E-state index contributed by atoms with van der Waals surface area (Å²) in [5.41, 5.74) is 8.97. The van der Waals surface area contributed by atoms with Crippen LogP contribution in [0.5, 0.6) is 0 Å². The second kappa shape index (κ2) is 6.55. The first-order valence-corrected chi connectivity index (χ1v) is 9.61. The largest absolute Gasteiger partial charge is 0.382 e. The highest BCUT2D eigenvalue weighted by Crippen LogP contribution is 2.35. The third-order valence-corrected chi connectivity index (χ3v) is 5.44. The van der Waals surface area contributed by atoms with Crippen LogP contribution < -0.4 is 16.4 Å². The molecule has 0 radical (unpaired) electrons. The van der Waals surface area contributed by atoms with Gasteiger partial charge in [-0.2, -0.15) is 10.1 Å². The van der Waals surface area contributed by atoms with Gasteiger partial charge in [0.25, 0.3) is 0 Å². The molecule has 4 N–H and O–H groups in total. The molecule has 1 aliphatic rings. The number of amides is 1. The zero-order valence-corrected chi connectivity index (χ0v) is 16.4. The van der Waals surface area contributed by atoms with E-state index in [9.17, 15) is 4.79 Å². The molecule has 4 heterocycles. The minimum atomic E-state index is -0.377. The molecule has 10 nitrogen and oxygen atoms in total. The molecule has 0 atom stereocenters. The number of carbonyl (C=O) groups is 1. The van der Waals surface area contributed by atoms with Crippen molar-refractivity contribution in [1.82, 2.24) is 34.5 Å². The molecule has 0 saturated heterocycles. The fraction of sp³-hybridized carbons (Fsp3) is 0.250. The fourth-order valence-electron chi connectivity index (χ4n) is 4.06. The summed E-state index contributed by atoms with van der Waals surface area (Å²) in [7, 11) is 0. The Morgan fingerprint density at radius 2 is 2.07 bits per heavy atom. The molecule has 152 valence electrons. The average Bonchev–Trinajstić information content (AvgIpc) is 3.31. The van der Waals surface area contributed by atoms with E-state index < -0.39 is 0 Å². The van der Waals surface area contributed by atoms with Crippen molar-refractivity contribution in [2.24, 2.45) is 0 Å². The van der Waals surface area contributed by atoms with Crippen LogP contribution in [0.25, 0.3) is 22.4 Å². The Morgan fingerprint density at radius 1 is 1.27 bits per heavy atom. The van der Waals surface area contributed by atoms with Gasteiger partial charge in [-0.1, -0.05) is 6.08 Å². The van der Waals surface area contributed by atoms with Gasteiger partial charge in [-0.15, -0.1) is 11.7 Å². The maximum Gasteiger partial charge on any atom is 0.243 e. The molecule has 5 rings (SSSR count). The van der Waals surface area contributed by atoms with Gasteiger partial charge < -0.3 is 16.4 Å². The maximum absolute atomic E-state index is 11.4. The number of fused-ring (bicyclic) bond motifs is 2. The quantitative estimate of drug-likeness (QED) is 0.432. The van der Waals surface area contributed by atoms with Crippen molar-refractivity contribution in [2.45, 2.75) is 31.3 Å². The standard InChI is InChI=1S/C20H21N9O/c1-3-20(26-12(2)30)10-13(11-20)23-19-25-18(21)17-14(5-8-29(17)27-19)15-6-9-28-16(24-15)4-7-22-28/h3-9,13H,1,10-11H2,2H3,(H,26,30)(H3,21,23,25,27). The number of carbonyl (C=O) groups excluding carboxylic acids is 1. The first kappa shape index (κ1) is 18.1. The van der Waals surface area contributed by atoms with Crippen LogP contribution in [-0.4, -0.2) is 46.7 Å². The van der Waals surface area contributed by atoms with Crippen LogP contribution >= 0.6 is 0 Å². The van der Waals surface area contributed by atoms with Crippen molar-refractivity contribution < 1.29 is 4.79 Å². The second-order valence-electron chi connectivity index (χ2n) is 7.58. The van der Waals surface area contributed by atoms with Gasteiger partial charge in [0.15, 0.2) is 11.5 Å². The fourth-order valence-corrected chi connectivity index (χ4v) is 4.06. The molecule has 1 aliphatic carbocycles. The smallest absolute Gasteiger partial charge is 0.243 e. The van der Waals surface area contributed by atoms with Crippen LogP contribution in [0, 0.1) is 0 Å². The number of nitrogens with one attached hydrogen (secondary N) is 2. The number of nitrogens with zero attached hydrogens (tertiary/aromatic N) is 6. The summed E-state index contributed by atoms with van der Waals surface area (Å²) in [5.74, 6) is 0.726. The zero-order valence-electron chi connectivity index (χ0n) is 16.4. The molecule has 1 amide bonds. The lowest BCUT2D eigenvalue weighted by Gasteiger charge is -2.46. The summed E-state index contributed by atoms with van der Waals surface area (Å²) in [6, 6.07) is 5.76. The third-order valence-electron chi connectivity index (χ3n) is 5.44. The lowest BCUT2D eigenvalue weighted by molar-refractivity contribution is -0.121. The molecule has 0 unspecified atom stereocenters. The summed E-state index contributed by atoms with van der Waals surface area (Å²) in [4.78, 5) is 20.5. The molecular formula is C20H21N9O. The Labute approximate surface area is 171 Å². The maximum atomic E-state index is 11.4. The molecule has 1 saturated carbocycles. The van der Waals surface area contributed by atoms with Crippen molar-refractivity contribution in [1.29, 1.82) is 0 Å². The highest BCUT2D eigenvalue weighted by Gasteiger charge is 2.43. The van der Waals surface area contributed by atoms with Crippen LogP contribution in [0.15, 0.2) is 49.4 Å². The molecule has 0 aliphatic heterocycles. The molecule has 0 bridgehead atoms. The van der Waals surface area contributed by atoms with Crippen molar-refractivity contribution >= 4 is 28.8 Å². The van der Waals surface area contributed by atoms with E-state index in [4.69, 9.17) is 5.73 Å². The predicted octanol–water partition coefficient (Wildman–Crippen LogP) is 1.66. The number of aromatic nitrogens is 6. The van der Waals surface area contributed by atoms with Gasteiger partial charge in [0.2, 0.25) is 11.9 Å². The van der Waals surface area contributed by atoms with Crippen LogP contribution in [0.2, 0.25) is 0 Å².